The van der Waals surface area contributed by atoms with E-state index in [-0.39, 0.29) is 0 Å². The second-order valence-electron chi connectivity index (χ2n) is 4.33. The Bertz CT molecular complexity index is 157. The van der Waals surface area contributed by atoms with Gasteiger partial charge < -0.3 is 4.74 Å². The molecule has 0 N–H and O–H groups in total. The van der Waals surface area contributed by atoms with Crippen molar-refractivity contribution in [3.8, 4) is 0 Å². The standard InChI is InChI=1S/C13H26OS/c1-4-5-6-7-8-9-10-11-12(2)14-13(3)15/h12H,4-11H2,1-3H3. The van der Waals surface area contributed by atoms with Crippen LogP contribution in [0.1, 0.15) is 72.1 Å². The first-order chi connectivity index (χ1) is 7.16. The Morgan fingerprint density at radius 2 is 1.60 bits per heavy atom. The van der Waals surface area contributed by atoms with Crippen molar-refractivity contribution in [3.05, 3.63) is 0 Å². The van der Waals surface area contributed by atoms with Gasteiger partial charge in [0.2, 0.25) is 0 Å². The van der Waals surface area contributed by atoms with Gasteiger partial charge in [0.15, 0.2) is 5.05 Å². The third kappa shape index (κ3) is 11.8. The normalized spacial score (nSPS) is 12.5. The van der Waals surface area contributed by atoms with Crippen molar-refractivity contribution in [2.75, 3.05) is 0 Å². The van der Waals surface area contributed by atoms with Crippen molar-refractivity contribution in [1.29, 1.82) is 0 Å². The molecule has 0 aliphatic carbocycles. The molecular formula is C13H26OS. The zero-order valence-corrected chi connectivity index (χ0v) is 11.4. The van der Waals surface area contributed by atoms with Crippen molar-refractivity contribution in [1.82, 2.24) is 0 Å². The summed E-state index contributed by atoms with van der Waals surface area (Å²) in [5.41, 5.74) is 0. The molecule has 1 unspecified atom stereocenters. The molecule has 0 amide bonds. The average molecular weight is 230 g/mol. The molecule has 15 heavy (non-hydrogen) atoms. The monoisotopic (exact) mass is 230 g/mol. The largest absolute Gasteiger partial charge is 0.485 e. The van der Waals surface area contributed by atoms with Crippen LogP contribution >= 0.6 is 12.2 Å². The summed E-state index contributed by atoms with van der Waals surface area (Å²) in [5.74, 6) is 0. The average Bonchev–Trinajstić information content (AvgIpc) is 2.15. The van der Waals surface area contributed by atoms with Crippen LogP contribution in [-0.4, -0.2) is 11.2 Å². The third-order valence-corrected chi connectivity index (χ3v) is 2.68. The zero-order valence-electron chi connectivity index (χ0n) is 10.6. The van der Waals surface area contributed by atoms with Gasteiger partial charge in [-0.1, -0.05) is 45.4 Å². The molecular weight excluding hydrogens is 204 g/mol. The van der Waals surface area contributed by atoms with Crippen LogP contribution in [0.5, 0.6) is 0 Å². The van der Waals surface area contributed by atoms with Gasteiger partial charge in [-0.2, -0.15) is 0 Å². The van der Waals surface area contributed by atoms with Crippen molar-refractivity contribution in [2.24, 2.45) is 0 Å². The second-order valence-corrected chi connectivity index (χ2v) is 4.90. The molecule has 0 heterocycles. The molecule has 0 saturated carbocycles. The van der Waals surface area contributed by atoms with Gasteiger partial charge in [0.1, 0.15) is 0 Å². The molecule has 0 aromatic rings. The maximum Gasteiger partial charge on any atom is 0.156 e. The summed E-state index contributed by atoms with van der Waals surface area (Å²) in [6.07, 6.45) is 11.0. The van der Waals surface area contributed by atoms with Crippen LogP contribution in [0, 0.1) is 0 Å². The van der Waals surface area contributed by atoms with Gasteiger partial charge in [0.05, 0.1) is 6.10 Å². The van der Waals surface area contributed by atoms with Crippen molar-refractivity contribution >= 4 is 17.3 Å². The van der Waals surface area contributed by atoms with E-state index in [0.29, 0.717) is 11.2 Å². The molecule has 1 atom stereocenters. The van der Waals surface area contributed by atoms with Crippen LogP contribution in [0.25, 0.3) is 0 Å². The highest BCUT2D eigenvalue weighted by Gasteiger charge is 2.02. The summed E-state index contributed by atoms with van der Waals surface area (Å²) in [5, 5.41) is 0.672. The van der Waals surface area contributed by atoms with E-state index in [1.807, 2.05) is 6.92 Å². The summed E-state index contributed by atoms with van der Waals surface area (Å²) in [7, 11) is 0. The molecule has 2 heteroatoms. The number of unbranched alkanes of at least 4 members (excludes halogenated alkanes) is 6. The van der Waals surface area contributed by atoms with E-state index in [9.17, 15) is 0 Å². The predicted octanol–water partition coefficient (Wildman–Crippen LogP) is 4.88. The second kappa shape index (κ2) is 10.4. The highest BCUT2D eigenvalue weighted by Crippen LogP contribution is 2.11. The topological polar surface area (TPSA) is 9.23 Å². The maximum atomic E-state index is 5.43. The molecule has 0 fully saturated rings. The molecule has 0 bridgehead atoms. The van der Waals surface area contributed by atoms with Crippen molar-refractivity contribution < 1.29 is 4.74 Å². The molecule has 1 nitrogen and oxygen atoms in total. The summed E-state index contributed by atoms with van der Waals surface area (Å²) < 4.78 is 5.43. The Morgan fingerprint density at radius 1 is 1.07 bits per heavy atom. The molecule has 0 rings (SSSR count). The van der Waals surface area contributed by atoms with E-state index in [2.05, 4.69) is 13.8 Å². The number of hydrogen-bond donors (Lipinski definition) is 0. The van der Waals surface area contributed by atoms with Crippen LogP contribution in [0.2, 0.25) is 0 Å². The molecule has 0 aliphatic rings. The first-order valence-corrected chi connectivity index (χ1v) is 6.74. The zero-order chi connectivity index (χ0) is 11.5. The molecule has 0 aromatic heterocycles. The van der Waals surface area contributed by atoms with E-state index in [0.717, 1.165) is 6.42 Å². The lowest BCUT2D eigenvalue weighted by molar-refractivity contribution is 0.197. The highest BCUT2D eigenvalue weighted by molar-refractivity contribution is 7.80. The Morgan fingerprint density at radius 3 is 2.13 bits per heavy atom. The number of rotatable bonds is 9. The Balaban J connectivity index is 3.13. The molecule has 0 saturated heterocycles. The molecule has 90 valence electrons. The van der Waals surface area contributed by atoms with Crippen LogP contribution in [0.4, 0.5) is 0 Å². The smallest absolute Gasteiger partial charge is 0.156 e. The molecule has 0 aliphatic heterocycles. The van der Waals surface area contributed by atoms with Gasteiger partial charge in [-0.25, -0.2) is 0 Å². The minimum Gasteiger partial charge on any atom is -0.485 e. The van der Waals surface area contributed by atoms with E-state index < -0.39 is 0 Å². The SMILES string of the molecule is CCCCCCCCCC(C)OC(C)=S. The number of ether oxygens (including phenoxy) is 1. The first-order valence-electron chi connectivity index (χ1n) is 6.34. The summed E-state index contributed by atoms with van der Waals surface area (Å²) in [6, 6.07) is 0. The highest BCUT2D eigenvalue weighted by atomic mass is 32.1. The predicted molar refractivity (Wildman–Crippen MR) is 71.4 cm³/mol. The van der Waals surface area contributed by atoms with Gasteiger partial charge in [0, 0.05) is 6.92 Å². The summed E-state index contributed by atoms with van der Waals surface area (Å²) >= 11 is 4.90. The molecule has 0 aromatic carbocycles. The van der Waals surface area contributed by atoms with Gasteiger partial charge in [0.25, 0.3) is 0 Å². The van der Waals surface area contributed by atoms with E-state index in [1.54, 1.807) is 0 Å². The minimum atomic E-state index is 0.304. The fourth-order valence-corrected chi connectivity index (χ4v) is 1.90. The van der Waals surface area contributed by atoms with Crippen molar-refractivity contribution in [3.63, 3.8) is 0 Å². The summed E-state index contributed by atoms with van der Waals surface area (Å²) in [4.78, 5) is 0. The molecule has 0 radical (unpaired) electrons. The Kier molecular flexibility index (Phi) is 10.3. The Hall–Kier alpha value is -0.110. The first kappa shape index (κ1) is 14.9. The summed E-state index contributed by atoms with van der Waals surface area (Å²) in [6.45, 7) is 6.20. The van der Waals surface area contributed by atoms with E-state index in [1.165, 1.54) is 44.9 Å². The number of thiocarbonyl (C=S) groups is 1. The fraction of sp³-hybridized carbons (Fsp3) is 0.923. The third-order valence-electron chi connectivity index (χ3n) is 2.58. The number of hydrogen-bond acceptors (Lipinski definition) is 2. The van der Waals surface area contributed by atoms with Gasteiger partial charge in [-0.15, -0.1) is 0 Å². The van der Waals surface area contributed by atoms with Gasteiger partial charge >= 0.3 is 0 Å². The maximum absolute atomic E-state index is 5.43. The lowest BCUT2D eigenvalue weighted by Crippen LogP contribution is -2.10. The lowest BCUT2D eigenvalue weighted by atomic mass is 10.1. The molecule has 0 spiro atoms. The van der Waals surface area contributed by atoms with Crippen LogP contribution in [0.3, 0.4) is 0 Å². The van der Waals surface area contributed by atoms with Crippen molar-refractivity contribution in [2.45, 2.75) is 78.2 Å². The van der Waals surface area contributed by atoms with E-state index in [4.69, 9.17) is 17.0 Å². The van der Waals surface area contributed by atoms with Crippen LogP contribution in [-0.2, 0) is 4.74 Å². The van der Waals surface area contributed by atoms with Crippen LogP contribution < -0.4 is 0 Å². The Labute approximate surface area is 101 Å². The lowest BCUT2D eigenvalue weighted by Gasteiger charge is -2.12. The van der Waals surface area contributed by atoms with Crippen LogP contribution in [0.15, 0.2) is 0 Å². The fourth-order valence-electron chi connectivity index (χ4n) is 1.73. The minimum absolute atomic E-state index is 0.304. The quantitative estimate of drug-likeness (QED) is 0.412. The van der Waals surface area contributed by atoms with Gasteiger partial charge in [-0.3, -0.25) is 0 Å². The van der Waals surface area contributed by atoms with Gasteiger partial charge in [-0.05, 0) is 32.0 Å². The van der Waals surface area contributed by atoms with E-state index >= 15 is 0 Å².